The van der Waals surface area contributed by atoms with E-state index in [1.54, 1.807) is 37.3 Å². The van der Waals surface area contributed by atoms with Crippen LogP contribution in [-0.2, 0) is 4.79 Å². The number of methoxy groups -OCH3 is 1. The lowest BCUT2D eigenvalue weighted by atomic mass is 10.2. The van der Waals surface area contributed by atoms with E-state index < -0.39 is 17.6 Å². The maximum atomic E-state index is 13.5. The van der Waals surface area contributed by atoms with Crippen molar-refractivity contribution in [2.75, 3.05) is 12.4 Å². The first-order valence-corrected chi connectivity index (χ1v) is 7.52. The van der Waals surface area contributed by atoms with E-state index in [-0.39, 0.29) is 12.1 Å². The Hall–Kier alpha value is -3.22. The van der Waals surface area contributed by atoms with E-state index in [4.69, 9.17) is 4.74 Å². The lowest BCUT2D eigenvalue weighted by molar-refractivity contribution is -0.115. The number of ether oxygens (including phenoxy) is 1. The molecule has 2 amide bonds. The highest BCUT2D eigenvalue weighted by molar-refractivity contribution is 6.06. The molecule has 0 aliphatic rings. The summed E-state index contributed by atoms with van der Waals surface area (Å²) in [6, 6.07) is 12.6. The van der Waals surface area contributed by atoms with Gasteiger partial charge in [-0.3, -0.25) is 9.59 Å². The number of rotatable bonds is 6. The standard InChI is InChI=1S/C18H18FN3O3/c1-12(11-17(23)20-15-9-5-4-8-14(15)19)21-22-18(24)13-7-3-6-10-16(13)25-2/h3-10H,11H2,1-2H3,(H,20,23)(H,22,24)/b21-12-. The van der Waals surface area contributed by atoms with Crippen LogP contribution in [0.15, 0.2) is 53.6 Å². The molecular weight excluding hydrogens is 325 g/mol. The summed E-state index contributed by atoms with van der Waals surface area (Å²) in [5, 5.41) is 6.34. The van der Waals surface area contributed by atoms with E-state index >= 15 is 0 Å². The first-order valence-electron chi connectivity index (χ1n) is 7.52. The molecule has 0 saturated carbocycles. The number of nitrogens with zero attached hydrogens (tertiary/aromatic N) is 1. The summed E-state index contributed by atoms with van der Waals surface area (Å²) in [5.41, 5.74) is 3.17. The summed E-state index contributed by atoms with van der Waals surface area (Å²) >= 11 is 0. The lowest BCUT2D eigenvalue weighted by Crippen LogP contribution is -2.22. The van der Waals surface area contributed by atoms with Crippen molar-refractivity contribution < 1.29 is 18.7 Å². The molecular formula is C18H18FN3O3. The molecule has 7 heteroatoms. The minimum Gasteiger partial charge on any atom is -0.496 e. The molecule has 2 aromatic carbocycles. The smallest absolute Gasteiger partial charge is 0.275 e. The van der Waals surface area contributed by atoms with Gasteiger partial charge in [0.25, 0.3) is 5.91 Å². The third kappa shape index (κ3) is 5.13. The minimum atomic E-state index is -0.519. The largest absolute Gasteiger partial charge is 0.496 e. The second kappa shape index (κ2) is 8.58. The first-order chi connectivity index (χ1) is 12.0. The molecule has 130 valence electrons. The van der Waals surface area contributed by atoms with Crippen molar-refractivity contribution in [2.24, 2.45) is 5.10 Å². The fraction of sp³-hybridized carbons (Fsp3) is 0.167. The topological polar surface area (TPSA) is 79.8 Å². The molecule has 2 N–H and O–H groups in total. The van der Waals surface area contributed by atoms with Gasteiger partial charge in [0.1, 0.15) is 11.6 Å². The van der Waals surface area contributed by atoms with Crippen LogP contribution in [-0.4, -0.2) is 24.6 Å². The van der Waals surface area contributed by atoms with Crippen LogP contribution in [0.1, 0.15) is 23.7 Å². The Morgan fingerprint density at radius 2 is 1.80 bits per heavy atom. The number of para-hydroxylation sites is 2. The number of carbonyl (C=O) groups is 2. The van der Waals surface area contributed by atoms with Crippen LogP contribution >= 0.6 is 0 Å². The van der Waals surface area contributed by atoms with Crippen molar-refractivity contribution in [1.82, 2.24) is 5.43 Å². The molecule has 0 aliphatic carbocycles. The minimum absolute atomic E-state index is 0.0828. The number of hydrogen-bond acceptors (Lipinski definition) is 4. The van der Waals surface area contributed by atoms with Crippen LogP contribution in [0.4, 0.5) is 10.1 Å². The number of halogens is 1. The molecule has 0 aromatic heterocycles. The van der Waals surface area contributed by atoms with Gasteiger partial charge in [-0.2, -0.15) is 5.10 Å². The average Bonchev–Trinajstić information content (AvgIpc) is 2.61. The molecule has 0 radical (unpaired) electrons. The Bertz CT molecular complexity index is 806. The van der Waals surface area contributed by atoms with Crippen molar-refractivity contribution in [3.8, 4) is 5.75 Å². The maximum absolute atomic E-state index is 13.5. The Morgan fingerprint density at radius 3 is 2.52 bits per heavy atom. The van der Waals surface area contributed by atoms with Gasteiger partial charge in [-0.25, -0.2) is 9.82 Å². The van der Waals surface area contributed by atoms with E-state index in [1.165, 1.54) is 25.3 Å². The number of benzene rings is 2. The molecule has 0 saturated heterocycles. The van der Waals surface area contributed by atoms with Gasteiger partial charge in [0.2, 0.25) is 5.91 Å². The second-order valence-electron chi connectivity index (χ2n) is 5.19. The van der Waals surface area contributed by atoms with Gasteiger partial charge >= 0.3 is 0 Å². The van der Waals surface area contributed by atoms with E-state index in [0.29, 0.717) is 17.0 Å². The van der Waals surface area contributed by atoms with Crippen LogP contribution in [0.3, 0.4) is 0 Å². The molecule has 0 spiro atoms. The lowest BCUT2D eigenvalue weighted by Gasteiger charge is -2.08. The highest BCUT2D eigenvalue weighted by Gasteiger charge is 2.11. The van der Waals surface area contributed by atoms with Gasteiger partial charge in [-0.1, -0.05) is 24.3 Å². The van der Waals surface area contributed by atoms with Crippen molar-refractivity contribution in [3.05, 3.63) is 59.9 Å². The molecule has 2 aromatic rings. The molecule has 0 bridgehead atoms. The highest BCUT2D eigenvalue weighted by Crippen LogP contribution is 2.16. The summed E-state index contributed by atoms with van der Waals surface area (Å²) in [7, 11) is 1.47. The quantitative estimate of drug-likeness (QED) is 0.625. The molecule has 0 heterocycles. The predicted octanol–water partition coefficient (Wildman–Crippen LogP) is 2.97. The predicted molar refractivity (Wildman–Crippen MR) is 93.2 cm³/mol. The van der Waals surface area contributed by atoms with Crippen molar-refractivity contribution in [3.63, 3.8) is 0 Å². The summed E-state index contributed by atoms with van der Waals surface area (Å²) in [6.07, 6.45) is -0.0828. The third-order valence-corrected chi connectivity index (χ3v) is 3.26. The molecule has 0 aliphatic heterocycles. The molecule has 0 unspecified atom stereocenters. The first kappa shape index (κ1) is 18.1. The van der Waals surface area contributed by atoms with Crippen molar-refractivity contribution >= 4 is 23.2 Å². The molecule has 2 rings (SSSR count). The van der Waals surface area contributed by atoms with Gasteiger partial charge in [0, 0.05) is 5.71 Å². The van der Waals surface area contributed by atoms with Crippen molar-refractivity contribution in [2.45, 2.75) is 13.3 Å². The van der Waals surface area contributed by atoms with E-state index in [2.05, 4.69) is 15.8 Å². The van der Waals surface area contributed by atoms with E-state index in [0.717, 1.165) is 0 Å². The zero-order chi connectivity index (χ0) is 18.2. The van der Waals surface area contributed by atoms with Crippen LogP contribution in [0, 0.1) is 5.82 Å². The maximum Gasteiger partial charge on any atom is 0.275 e. The average molecular weight is 343 g/mol. The SMILES string of the molecule is COc1ccccc1C(=O)N/N=C(/C)CC(=O)Nc1ccccc1F. The number of amides is 2. The normalized spacial score (nSPS) is 10.9. The van der Waals surface area contributed by atoms with Crippen LogP contribution in [0.25, 0.3) is 0 Å². The van der Waals surface area contributed by atoms with Crippen molar-refractivity contribution in [1.29, 1.82) is 0 Å². The monoisotopic (exact) mass is 343 g/mol. The fourth-order valence-electron chi connectivity index (χ4n) is 2.07. The number of nitrogens with one attached hydrogen (secondary N) is 2. The molecule has 25 heavy (non-hydrogen) atoms. The van der Waals surface area contributed by atoms with Gasteiger partial charge in [-0.05, 0) is 31.2 Å². The Balaban J connectivity index is 1.94. The highest BCUT2D eigenvalue weighted by atomic mass is 19.1. The summed E-state index contributed by atoms with van der Waals surface area (Å²) in [4.78, 5) is 24.0. The Kier molecular flexibility index (Phi) is 6.22. The van der Waals surface area contributed by atoms with Crippen LogP contribution < -0.4 is 15.5 Å². The fourth-order valence-corrected chi connectivity index (χ4v) is 2.07. The number of carbonyl (C=O) groups excluding carboxylic acids is 2. The van der Waals surface area contributed by atoms with Gasteiger partial charge in [0.05, 0.1) is 24.8 Å². The Morgan fingerprint density at radius 1 is 1.12 bits per heavy atom. The number of hydrogen-bond donors (Lipinski definition) is 2. The molecule has 6 nitrogen and oxygen atoms in total. The van der Waals surface area contributed by atoms with Gasteiger partial charge < -0.3 is 10.1 Å². The molecule has 0 fully saturated rings. The van der Waals surface area contributed by atoms with E-state index in [1.807, 2.05) is 0 Å². The Labute approximate surface area is 144 Å². The zero-order valence-electron chi connectivity index (χ0n) is 13.9. The van der Waals surface area contributed by atoms with Gasteiger partial charge in [0.15, 0.2) is 0 Å². The van der Waals surface area contributed by atoms with Crippen LogP contribution in [0.2, 0.25) is 0 Å². The summed E-state index contributed by atoms with van der Waals surface area (Å²) in [5.74, 6) is -0.982. The number of hydrazone groups is 1. The third-order valence-electron chi connectivity index (χ3n) is 3.26. The molecule has 0 atom stereocenters. The van der Waals surface area contributed by atoms with Crippen LogP contribution in [0.5, 0.6) is 5.75 Å². The summed E-state index contributed by atoms with van der Waals surface area (Å²) in [6.45, 7) is 1.59. The second-order valence-corrected chi connectivity index (χ2v) is 5.19. The van der Waals surface area contributed by atoms with Gasteiger partial charge in [-0.15, -0.1) is 0 Å². The summed E-state index contributed by atoms with van der Waals surface area (Å²) < 4.78 is 18.6. The van der Waals surface area contributed by atoms with E-state index in [9.17, 15) is 14.0 Å². The zero-order valence-corrected chi connectivity index (χ0v) is 13.9. The number of anilines is 1.